The van der Waals surface area contributed by atoms with Crippen molar-refractivity contribution in [3.63, 3.8) is 0 Å². The standard InChI is InChI=1S/C27H33N3O5S/c1-32-22-15-19(16-23(33-2)26(22)34-3)17-25(31)29-27-28-18-24(36-27)20-7-9-21(10-8-20)35-14-6-13-30-11-4-5-12-30/h7-10,15-16,18H,4-6,11-14,17H2,1-3H3,(H,28,29,31). The number of amides is 1. The highest BCUT2D eigenvalue weighted by Crippen LogP contribution is 2.38. The third-order valence-electron chi connectivity index (χ3n) is 6.07. The zero-order valence-corrected chi connectivity index (χ0v) is 21.9. The van der Waals surface area contributed by atoms with Crippen molar-refractivity contribution in [1.29, 1.82) is 0 Å². The monoisotopic (exact) mass is 511 g/mol. The Morgan fingerprint density at radius 3 is 2.36 bits per heavy atom. The first kappa shape index (κ1) is 25.8. The summed E-state index contributed by atoms with van der Waals surface area (Å²) in [4.78, 5) is 20.5. The molecule has 192 valence electrons. The molecule has 4 rings (SSSR count). The molecule has 1 fully saturated rings. The number of nitrogens with zero attached hydrogens (tertiary/aromatic N) is 2. The number of aromatic nitrogens is 1. The number of hydrogen-bond donors (Lipinski definition) is 1. The Kier molecular flexibility index (Phi) is 9.02. The Hall–Kier alpha value is -3.30. The molecule has 1 N–H and O–H groups in total. The van der Waals surface area contributed by atoms with E-state index in [-0.39, 0.29) is 12.3 Å². The third-order valence-corrected chi connectivity index (χ3v) is 7.03. The molecule has 0 saturated carbocycles. The third kappa shape index (κ3) is 6.67. The van der Waals surface area contributed by atoms with E-state index in [1.54, 1.807) is 39.7 Å². The van der Waals surface area contributed by atoms with Gasteiger partial charge in [0, 0.05) is 12.7 Å². The normalized spacial score (nSPS) is 13.4. The quantitative estimate of drug-likeness (QED) is 0.347. The zero-order chi connectivity index (χ0) is 25.3. The molecule has 3 aromatic rings. The Balaban J connectivity index is 1.29. The number of rotatable bonds is 12. The molecule has 9 heteroatoms. The molecule has 1 aromatic heterocycles. The molecule has 2 heterocycles. The minimum atomic E-state index is -0.178. The van der Waals surface area contributed by atoms with E-state index in [9.17, 15) is 4.79 Å². The largest absolute Gasteiger partial charge is 0.494 e. The van der Waals surface area contributed by atoms with Crippen LogP contribution in [-0.2, 0) is 11.2 Å². The molecule has 0 unspecified atom stereocenters. The van der Waals surface area contributed by atoms with Crippen LogP contribution in [-0.4, -0.2) is 63.4 Å². The minimum absolute atomic E-state index is 0.148. The van der Waals surface area contributed by atoms with Crippen LogP contribution in [0.1, 0.15) is 24.8 Å². The number of carbonyl (C=O) groups is 1. The van der Waals surface area contributed by atoms with Gasteiger partial charge in [-0.25, -0.2) is 4.98 Å². The first-order chi connectivity index (χ1) is 17.6. The first-order valence-electron chi connectivity index (χ1n) is 12.1. The van der Waals surface area contributed by atoms with E-state index in [1.807, 2.05) is 24.3 Å². The van der Waals surface area contributed by atoms with Crippen LogP contribution >= 0.6 is 11.3 Å². The summed E-state index contributed by atoms with van der Waals surface area (Å²) in [5.41, 5.74) is 1.77. The SMILES string of the molecule is COc1cc(CC(=O)Nc2ncc(-c3ccc(OCCCN4CCCC4)cc3)s2)cc(OC)c1OC. The summed E-state index contributed by atoms with van der Waals surface area (Å²) in [6, 6.07) is 11.5. The molecule has 1 amide bonds. The second-order valence-corrected chi connectivity index (χ2v) is 9.59. The van der Waals surface area contributed by atoms with Crippen LogP contribution in [0, 0.1) is 0 Å². The van der Waals surface area contributed by atoms with Crippen LogP contribution in [0.3, 0.4) is 0 Å². The Labute approximate surface area is 216 Å². The highest BCUT2D eigenvalue weighted by Gasteiger charge is 2.16. The fourth-order valence-electron chi connectivity index (χ4n) is 4.25. The summed E-state index contributed by atoms with van der Waals surface area (Å²) >= 11 is 1.43. The Bertz CT molecular complexity index is 1120. The van der Waals surface area contributed by atoms with Gasteiger partial charge in [-0.15, -0.1) is 0 Å². The maximum absolute atomic E-state index is 12.7. The van der Waals surface area contributed by atoms with Gasteiger partial charge in [-0.1, -0.05) is 11.3 Å². The van der Waals surface area contributed by atoms with Gasteiger partial charge in [-0.05, 0) is 79.9 Å². The number of likely N-dealkylation sites (tertiary alicyclic amines) is 1. The minimum Gasteiger partial charge on any atom is -0.494 e. The number of anilines is 1. The van der Waals surface area contributed by atoms with Crippen molar-refractivity contribution in [2.75, 3.05) is 52.9 Å². The molecule has 2 aromatic carbocycles. The zero-order valence-electron chi connectivity index (χ0n) is 21.0. The van der Waals surface area contributed by atoms with E-state index >= 15 is 0 Å². The summed E-state index contributed by atoms with van der Waals surface area (Å²) in [6.45, 7) is 4.26. The summed E-state index contributed by atoms with van der Waals surface area (Å²) in [7, 11) is 4.64. The lowest BCUT2D eigenvalue weighted by atomic mass is 10.1. The molecule has 0 radical (unpaired) electrons. The average Bonchev–Trinajstić information content (AvgIpc) is 3.59. The van der Waals surface area contributed by atoms with Crippen molar-refractivity contribution in [3.05, 3.63) is 48.2 Å². The van der Waals surface area contributed by atoms with Gasteiger partial charge in [0.2, 0.25) is 11.7 Å². The van der Waals surface area contributed by atoms with Crippen LogP contribution in [0.25, 0.3) is 10.4 Å². The number of thiazole rings is 1. The maximum atomic E-state index is 12.7. The molecule has 0 bridgehead atoms. The number of ether oxygens (including phenoxy) is 4. The van der Waals surface area contributed by atoms with Crippen LogP contribution in [0.2, 0.25) is 0 Å². The fourth-order valence-corrected chi connectivity index (χ4v) is 5.09. The second kappa shape index (κ2) is 12.6. The van der Waals surface area contributed by atoms with Crippen LogP contribution in [0.15, 0.2) is 42.6 Å². The molecule has 0 spiro atoms. The number of nitrogens with one attached hydrogen (secondary N) is 1. The molecule has 8 nitrogen and oxygen atoms in total. The van der Waals surface area contributed by atoms with E-state index in [2.05, 4.69) is 15.2 Å². The van der Waals surface area contributed by atoms with Gasteiger partial charge in [0.25, 0.3) is 0 Å². The predicted molar refractivity (Wildman–Crippen MR) is 142 cm³/mol. The first-order valence-corrected chi connectivity index (χ1v) is 12.9. The van der Waals surface area contributed by atoms with Gasteiger partial charge in [0.1, 0.15) is 5.75 Å². The van der Waals surface area contributed by atoms with Gasteiger partial charge in [-0.3, -0.25) is 4.79 Å². The Morgan fingerprint density at radius 1 is 1.03 bits per heavy atom. The molecular formula is C27H33N3O5S. The summed E-state index contributed by atoms with van der Waals surface area (Å²) < 4.78 is 22.0. The fraction of sp³-hybridized carbons (Fsp3) is 0.407. The van der Waals surface area contributed by atoms with E-state index in [1.165, 1.54) is 37.3 Å². The lowest BCUT2D eigenvalue weighted by Gasteiger charge is -2.14. The van der Waals surface area contributed by atoms with Crippen molar-refractivity contribution < 1.29 is 23.7 Å². The topological polar surface area (TPSA) is 82.2 Å². The average molecular weight is 512 g/mol. The predicted octanol–water partition coefficient (Wildman–Crippen LogP) is 4.88. The highest BCUT2D eigenvalue weighted by atomic mass is 32.1. The van der Waals surface area contributed by atoms with Crippen molar-refractivity contribution in [2.45, 2.75) is 25.7 Å². The van der Waals surface area contributed by atoms with E-state index in [0.717, 1.165) is 41.3 Å². The van der Waals surface area contributed by atoms with Gasteiger partial charge >= 0.3 is 0 Å². The molecule has 36 heavy (non-hydrogen) atoms. The molecule has 0 atom stereocenters. The lowest BCUT2D eigenvalue weighted by Crippen LogP contribution is -2.21. The van der Waals surface area contributed by atoms with Crippen LogP contribution < -0.4 is 24.3 Å². The number of hydrogen-bond acceptors (Lipinski definition) is 8. The maximum Gasteiger partial charge on any atom is 0.230 e. The number of benzene rings is 2. The van der Waals surface area contributed by atoms with Gasteiger partial charge in [0.15, 0.2) is 16.6 Å². The van der Waals surface area contributed by atoms with Crippen molar-refractivity contribution in [3.8, 4) is 33.4 Å². The summed E-state index contributed by atoms with van der Waals surface area (Å²) in [5.74, 6) is 2.20. The van der Waals surface area contributed by atoms with Crippen molar-refractivity contribution >= 4 is 22.4 Å². The van der Waals surface area contributed by atoms with E-state index < -0.39 is 0 Å². The number of carbonyl (C=O) groups excluding carboxylic acids is 1. The van der Waals surface area contributed by atoms with Crippen molar-refractivity contribution in [1.82, 2.24) is 9.88 Å². The molecule has 1 aliphatic rings. The van der Waals surface area contributed by atoms with Crippen LogP contribution in [0.5, 0.6) is 23.0 Å². The molecule has 1 aliphatic heterocycles. The van der Waals surface area contributed by atoms with E-state index in [0.29, 0.717) is 22.4 Å². The van der Waals surface area contributed by atoms with Gasteiger partial charge in [-0.2, -0.15) is 0 Å². The van der Waals surface area contributed by atoms with Gasteiger partial charge in [0.05, 0.1) is 39.2 Å². The van der Waals surface area contributed by atoms with E-state index in [4.69, 9.17) is 18.9 Å². The van der Waals surface area contributed by atoms with Gasteiger partial charge < -0.3 is 29.2 Å². The number of methoxy groups -OCH3 is 3. The second-order valence-electron chi connectivity index (χ2n) is 8.56. The van der Waals surface area contributed by atoms with Crippen molar-refractivity contribution in [2.24, 2.45) is 0 Å². The highest BCUT2D eigenvalue weighted by molar-refractivity contribution is 7.19. The molecule has 1 saturated heterocycles. The molecule has 0 aliphatic carbocycles. The van der Waals surface area contributed by atoms with Crippen LogP contribution in [0.4, 0.5) is 5.13 Å². The summed E-state index contributed by atoms with van der Waals surface area (Å²) in [6.07, 6.45) is 5.59. The summed E-state index contributed by atoms with van der Waals surface area (Å²) in [5, 5.41) is 3.43. The molecular weight excluding hydrogens is 478 g/mol. The lowest BCUT2D eigenvalue weighted by molar-refractivity contribution is -0.115. The Morgan fingerprint density at radius 2 is 1.72 bits per heavy atom. The smallest absolute Gasteiger partial charge is 0.230 e.